The Kier molecular flexibility index (Phi) is 8.81. The molecule has 50 valence electrons. The van der Waals surface area contributed by atoms with E-state index in [1.54, 1.807) is 0 Å². The molecule has 0 heterocycles. The third-order valence-electron chi connectivity index (χ3n) is 1.12. The number of hydrogen-bond donors (Lipinski definition) is 0. The molecule has 0 aliphatic rings. The zero-order valence-corrected chi connectivity index (χ0v) is 8.00. The largest absolute Gasteiger partial charge is 0.0654 e. The first kappa shape index (κ1) is 8.91. The van der Waals surface area contributed by atoms with Gasteiger partial charge in [0, 0.05) is 0 Å². The van der Waals surface area contributed by atoms with Gasteiger partial charge in [0.15, 0.2) is 0 Å². The highest BCUT2D eigenvalue weighted by molar-refractivity contribution is 9.36. The first-order valence-electron chi connectivity index (χ1n) is 3.25. The summed E-state index contributed by atoms with van der Waals surface area (Å²) in [6, 6.07) is 0. The van der Waals surface area contributed by atoms with Crippen LogP contribution in [0.4, 0.5) is 0 Å². The summed E-state index contributed by atoms with van der Waals surface area (Å²) in [7, 11) is 0.982. The number of rotatable bonds is 5. The van der Waals surface area contributed by atoms with Crippen molar-refractivity contribution < 1.29 is 0 Å². The SMILES string of the molecule is CCCCCCPBr. The second-order valence-corrected chi connectivity index (χ2v) is 4.39. The summed E-state index contributed by atoms with van der Waals surface area (Å²) in [5.41, 5.74) is 0. The summed E-state index contributed by atoms with van der Waals surface area (Å²) >= 11 is 3.43. The first-order chi connectivity index (χ1) is 3.91. The predicted octanol–water partition coefficient (Wildman–Crippen LogP) is 3.56. The fourth-order valence-corrected chi connectivity index (χ4v) is 1.84. The van der Waals surface area contributed by atoms with E-state index < -0.39 is 0 Å². The minimum Gasteiger partial charge on any atom is -0.0654 e. The maximum absolute atomic E-state index is 3.43. The topological polar surface area (TPSA) is 0 Å². The number of halogens is 1. The van der Waals surface area contributed by atoms with Gasteiger partial charge in [-0.3, -0.25) is 0 Å². The van der Waals surface area contributed by atoms with E-state index in [0.29, 0.717) is 0 Å². The van der Waals surface area contributed by atoms with Crippen LogP contribution in [0.1, 0.15) is 32.6 Å². The highest BCUT2D eigenvalue weighted by Gasteiger charge is 1.84. The minimum atomic E-state index is 0.982. The fourth-order valence-electron chi connectivity index (χ4n) is 0.619. The molecule has 0 spiro atoms. The van der Waals surface area contributed by atoms with Gasteiger partial charge in [-0.25, -0.2) is 0 Å². The van der Waals surface area contributed by atoms with Crippen molar-refractivity contribution in [1.82, 2.24) is 0 Å². The second-order valence-electron chi connectivity index (χ2n) is 1.94. The number of unbranched alkanes of at least 4 members (excludes halogenated alkanes) is 3. The van der Waals surface area contributed by atoms with Crippen LogP contribution in [0.15, 0.2) is 0 Å². The van der Waals surface area contributed by atoms with E-state index in [4.69, 9.17) is 0 Å². The summed E-state index contributed by atoms with van der Waals surface area (Å²) < 4.78 is 0. The van der Waals surface area contributed by atoms with Gasteiger partial charge in [-0.15, -0.1) is 0 Å². The number of hydrogen-bond acceptors (Lipinski definition) is 0. The molecule has 0 radical (unpaired) electrons. The van der Waals surface area contributed by atoms with Crippen molar-refractivity contribution in [2.24, 2.45) is 0 Å². The van der Waals surface area contributed by atoms with Crippen molar-refractivity contribution in [1.29, 1.82) is 0 Å². The van der Waals surface area contributed by atoms with Gasteiger partial charge < -0.3 is 0 Å². The van der Waals surface area contributed by atoms with Crippen molar-refractivity contribution in [2.45, 2.75) is 32.6 Å². The molecule has 0 bridgehead atoms. The molecule has 0 saturated carbocycles. The molecule has 0 fully saturated rings. The van der Waals surface area contributed by atoms with Gasteiger partial charge >= 0.3 is 0 Å². The Morgan fingerprint density at radius 3 is 2.50 bits per heavy atom. The van der Waals surface area contributed by atoms with Crippen LogP contribution in [-0.2, 0) is 0 Å². The van der Waals surface area contributed by atoms with Gasteiger partial charge in [0.1, 0.15) is 0 Å². The lowest BCUT2D eigenvalue weighted by Crippen LogP contribution is -1.75. The van der Waals surface area contributed by atoms with Crippen LogP contribution >= 0.6 is 22.8 Å². The van der Waals surface area contributed by atoms with Crippen molar-refractivity contribution >= 4 is 22.8 Å². The summed E-state index contributed by atoms with van der Waals surface area (Å²) in [4.78, 5) is 0. The van der Waals surface area contributed by atoms with E-state index in [1.807, 2.05) is 0 Å². The van der Waals surface area contributed by atoms with E-state index in [9.17, 15) is 0 Å². The van der Waals surface area contributed by atoms with E-state index in [1.165, 1.54) is 31.8 Å². The smallest absolute Gasteiger partial charge is 0.0255 e. The Hall–Kier alpha value is 0.910. The molecule has 1 atom stereocenters. The average Bonchev–Trinajstić information content (AvgIpc) is 1.81. The van der Waals surface area contributed by atoms with Crippen LogP contribution < -0.4 is 0 Å². The second kappa shape index (κ2) is 7.91. The van der Waals surface area contributed by atoms with Crippen LogP contribution in [-0.4, -0.2) is 6.16 Å². The van der Waals surface area contributed by atoms with Crippen molar-refractivity contribution in [3.8, 4) is 0 Å². The third kappa shape index (κ3) is 6.91. The van der Waals surface area contributed by atoms with Crippen LogP contribution in [0.5, 0.6) is 0 Å². The quantitative estimate of drug-likeness (QED) is 0.467. The molecular weight excluding hydrogens is 183 g/mol. The molecule has 1 unspecified atom stereocenters. The first-order valence-corrected chi connectivity index (χ1v) is 6.71. The van der Waals surface area contributed by atoms with E-state index in [2.05, 4.69) is 22.4 Å². The highest BCUT2D eigenvalue weighted by atomic mass is 79.9. The maximum atomic E-state index is 3.43. The molecule has 0 saturated heterocycles. The van der Waals surface area contributed by atoms with Gasteiger partial charge in [-0.2, -0.15) is 0 Å². The molecular formula is C6H14BrP. The molecule has 0 rings (SSSR count). The van der Waals surface area contributed by atoms with Gasteiger partial charge in [0.05, 0.1) is 0 Å². The van der Waals surface area contributed by atoms with Gasteiger partial charge in [0.2, 0.25) is 0 Å². The zero-order chi connectivity index (χ0) is 6.24. The molecule has 0 nitrogen and oxygen atoms in total. The van der Waals surface area contributed by atoms with Crippen molar-refractivity contribution in [3.05, 3.63) is 0 Å². The Morgan fingerprint density at radius 2 is 2.00 bits per heavy atom. The molecule has 2 heteroatoms. The Labute approximate surface area is 62.0 Å². The summed E-state index contributed by atoms with van der Waals surface area (Å²) in [6.45, 7) is 2.25. The lowest BCUT2D eigenvalue weighted by molar-refractivity contribution is 0.706. The van der Waals surface area contributed by atoms with E-state index >= 15 is 0 Å². The van der Waals surface area contributed by atoms with Crippen LogP contribution in [0.25, 0.3) is 0 Å². The van der Waals surface area contributed by atoms with Crippen LogP contribution in [0.2, 0.25) is 0 Å². The van der Waals surface area contributed by atoms with E-state index in [0.717, 1.165) is 7.28 Å². The summed E-state index contributed by atoms with van der Waals surface area (Å²) in [6.07, 6.45) is 6.98. The molecule has 0 aliphatic carbocycles. The molecule has 0 amide bonds. The monoisotopic (exact) mass is 196 g/mol. The molecule has 0 aromatic carbocycles. The lowest BCUT2D eigenvalue weighted by atomic mass is 10.2. The molecule has 0 aromatic heterocycles. The van der Waals surface area contributed by atoms with Gasteiger partial charge in [0.25, 0.3) is 0 Å². The van der Waals surface area contributed by atoms with Crippen LogP contribution in [0.3, 0.4) is 0 Å². The zero-order valence-electron chi connectivity index (χ0n) is 5.41. The molecule has 0 N–H and O–H groups in total. The molecule has 8 heavy (non-hydrogen) atoms. The Bertz CT molecular complexity index is 33.5. The maximum Gasteiger partial charge on any atom is -0.0255 e. The predicted molar refractivity (Wildman–Crippen MR) is 46.3 cm³/mol. The molecule has 0 aromatic rings. The summed E-state index contributed by atoms with van der Waals surface area (Å²) in [5.74, 6) is 0. The molecule has 0 aliphatic heterocycles. The average molecular weight is 197 g/mol. The lowest BCUT2D eigenvalue weighted by Gasteiger charge is -1.93. The Balaban J connectivity index is 2.53. The van der Waals surface area contributed by atoms with E-state index in [-0.39, 0.29) is 0 Å². The van der Waals surface area contributed by atoms with Crippen molar-refractivity contribution in [2.75, 3.05) is 6.16 Å². The standard InChI is InChI=1S/C6H14BrP/c1-2-3-4-5-6-8-7/h8H,2-6H2,1H3. The van der Waals surface area contributed by atoms with Crippen molar-refractivity contribution in [3.63, 3.8) is 0 Å². The Morgan fingerprint density at radius 1 is 1.25 bits per heavy atom. The summed E-state index contributed by atoms with van der Waals surface area (Å²) in [5, 5.41) is 0. The van der Waals surface area contributed by atoms with Gasteiger partial charge in [-0.1, -0.05) is 49.0 Å². The highest BCUT2D eigenvalue weighted by Crippen LogP contribution is 2.21. The fraction of sp³-hybridized carbons (Fsp3) is 1.00. The van der Waals surface area contributed by atoms with Gasteiger partial charge in [-0.05, 0) is 12.6 Å². The van der Waals surface area contributed by atoms with Crippen LogP contribution in [0, 0.1) is 0 Å². The minimum absolute atomic E-state index is 0.982. The normalized spacial score (nSPS) is 11.2. The third-order valence-corrected chi connectivity index (χ3v) is 2.86.